The molecule has 18 heavy (non-hydrogen) atoms. The predicted octanol–water partition coefficient (Wildman–Crippen LogP) is 2.60. The van der Waals surface area contributed by atoms with Crippen molar-refractivity contribution < 1.29 is 19.1 Å². The highest BCUT2D eigenvalue weighted by Gasteiger charge is 2.34. The highest BCUT2D eigenvalue weighted by atomic mass is 16.7. The Morgan fingerprint density at radius 1 is 1.06 bits per heavy atom. The van der Waals surface area contributed by atoms with Crippen molar-refractivity contribution in [3.63, 3.8) is 0 Å². The van der Waals surface area contributed by atoms with Gasteiger partial charge in [0.2, 0.25) is 6.29 Å². The van der Waals surface area contributed by atoms with Crippen LogP contribution < -0.4 is 0 Å². The zero-order valence-electron chi connectivity index (χ0n) is 12.4. The smallest absolute Gasteiger partial charge is 0.218 e. The first-order chi connectivity index (χ1) is 8.27. The molecular weight excluding hydrogens is 232 g/mol. The molecule has 0 atom stereocenters. The molecule has 0 fully saturated rings. The number of Topliss-reactive ketones (excluding diaryl/α,β-unsaturated/α-hetero) is 2. The highest BCUT2D eigenvalue weighted by Crippen LogP contribution is 2.28. The second-order valence-electron chi connectivity index (χ2n) is 5.19. The number of carbonyl (C=O) groups excluding carboxylic acids is 2. The summed E-state index contributed by atoms with van der Waals surface area (Å²) in [6, 6.07) is 0. The minimum atomic E-state index is -0.910. The van der Waals surface area contributed by atoms with E-state index in [9.17, 15) is 9.59 Å². The molecule has 0 aliphatic rings. The maximum atomic E-state index is 12.1. The van der Waals surface area contributed by atoms with Gasteiger partial charge in [-0.1, -0.05) is 27.7 Å². The van der Waals surface area contributed by atoms with E-state index in [0.717, 1.165) is 0 Å². The first-order valence-corrected chi connectivity index (χ1v) is 6.56. The van der Waals surface area contributed by atoms with Crippen LogP contribution in [0.15, 0.2) is 0 Å². The molecule has 106 valence electrons. The molecule has 4 heteroatoms. The van der Waals surface area contributed by atoms with E-state index in [-0.39, 0.29) is 23.9 Å². The average molecular weight is 258 g/mol. The predicted molar refractivity (Wildman–Crippen MR) is 70.3 cm³/mol. The first-order valence-electron chi connectivity index (χ1n) is 6.56. The van der Waals surface area contributed by atoms with Crippen molar-refractivity contribution in [3.05, 3.63) is 0 Å². The topological polar surface area (TPSA) is 52.6 Å². The van der Waals surface area contributed by atoms with Crippen molar-refractivity contribution in [3.8, 4) is 0 Å². The van der Waals surface area contributed by atoms with E-state index in [0.29, 0.717) is 13.2 Å². The van der Waals surface area contributed by atoms with Gasteiger partial charge in [-0.05, 0) is 19.8 Å². The molecule has 0 heterocycles. The zero-order chi connectivity index (χ0) is 14.3. The van der Waals surface area contributed by atoms with Crippen molar-refractivity contribution in [2.45, 2.75) is 54.3 Å². The van der Waals surface area contributed by atoms with Gasteiger partial charge >= 0.3 is 0 Å². The minimum absolute atomic E-state index is 0.0630. The number of rotatable bonds is 9. The van der Waals surface area contributed by atoms with E-state index >= 15 is 0 Å². The van der Waals surface area contributed by atoms with Gasteiger partial charge in [0.1, 0.15) is 5.78 Å². The van der Waals surface area contributed by atoms with Crippen LogP contribution in [-0.4, -0.2) is 31.1 Å². The normalized spacial score (nSPS) is 12.2. The van der Waals surface area contributed by atoms with E-state index in [1.165, 1.54) is 0 Å². The van der Waals surface area contributed by atoms with Crippen molar-refractivity contribution in [1.82, 2.24) is 0 Å². The second-order valence-corrected chi connectivity index (χ2v) is 5.19. The third-order valence-corrected chi connectivity index (χ3v) is 3.40. The van der Waals surface area contributed by atoms with Gasteiger partial charge in [0.05, 0.1) is 6.42 Å². The Hall–Kier alpha value is -0.740. The van der Waals surface area contributed by atoms with Crippen LogP contribution in [0.1, 0.15) is 48.0 Å². The van der Waals surface area contributed by atoms with Gasteiger partial charge < -0.3 is 9.47 Å². The molecule has 0 amide bonds. The summed E-state index contributed by atoms with van der Waals surface area (Å²) in [7, 11) is 0. The standard InChI is InChI=1S/C14H26O4/c1-7-17-13(18-8-2)11(15)9-12(16)14(5,6)10(3)4/h10,13H,7-9H2,1-6H3. The summed E-state index contributed by atoms with van der Waals surface area (Å²) in [6.45, 7) is 12.0. The molecule has 4 nitrogen and oxygen atoms in total. The van der Waals surface area contributed by atoms with Crippen LogP contribution >= 0.6 is 0 Å². The number of hydrogen-bond donors (Lipinski definition) is 0. The van der Waals surface area contributed by atoms with Crippen LogP contribution in [0.25, 0.3) is 0 Å². The van der Waals surface area contributed by atoms with E-state index < -0.39 is 11.7 Å². The summed E-state index contributed by atoms with van der Waals surface area (Å²) in [4.78, 5) is 24.0. The van der Waals surface area contributed by atoms with Crippen LogP contribution in [0.3, 0.4) is 0 Å². The monoisotopic (exact) mass is 258 g/mol. The fourth-order valence-electron chi connectivity index (χ4n) is 1.33. The Bertz CT molecular complexity index is 276. The molecule has 0 bridgehead atoms. The molecule has 0 rings (SSSR count). The van der Waals surface area contributed by atoms with Crippen LogP contribution in [0, 0.1) is 11.3 Å². The lowest BCUT2D eigenvalue weighted by Gasteiger charge is -2.27. The number of ether oxygens (including phenoxy) is 2. The van der Waals surface area contributed by atoms with Crippen molar-refractivity contribution in [2.75, 3.05) is 13.2 Å². The maximum absolute atomic E-state index is 12.1. The summed E-state index contributed by atoms with van der Waals surface area (Å²) in [5.74, 6) is -0.167. The molecule has 0 saturated carbocycles. The number of hydrogen-bond acceptors (Lipinski definition) is 4. The molecule has 0 aromatic heterocycles. The first kappa shape index (κ1) is 17.3. The fourth-order valence-corrected chi connectivity index (χ4v) is 1.33. The van der Waals surface area contributed by atoms with Gasteiger partial charge in [0.15, 0.2) is 5.78 Å². The molecule has 0 aliphatic heterocycles. The highest BCUT2D eigenvalue weighted by molar-refractivity contribution is 6.02. The molecule has 0 N–H and O–H groups in total. The quantitative estimate of drug-likeness (QED) is 0.471. The summed E-state index contributed by atoms with van der Waals surface area (Å²) in [5, 5.41) is 0. The van der Waals surface area contributed by atoms with Crippen LogP contribution in [0.4, 0.5) is 0 Å². The largest absolute Gasteiger partial charge is 0.346 e. The zero-order valence-corrected chi connectivity index (χ0v) is 12.4. The van der Waals surface area contributed by atoms with Crippen LogP contribution in [0.5, 0.6) is 0 Å². The SMILES string of the molecule is CCOC(OCC)C(=O)CC(=O)C(C)(C)C(C)C. The number of ketones is 2. The summed E-state index contributed by atoms with van der Waals surface area (Å²) < 4.78 is 10.4. The van der Waals surface area contributed by atoms with Gasteiger partial charge in [-0.3, -0.25) is 9.59 Å². The average Bonchev–Trinajstić information content (AvgIpc) is 2.28. The molecule has 0 saturated heterocycles. The van der Waals surface area contributed by atoms with Gasteiger partial charge in [0.25, 0.3) is 0 Å². The Balaban J connectivity index is 4.58. The van der Waals surface area contributed by atoms with E-state index in [4.69, 9.17) is 9.47 Å². The summed E-state index contributed by atoms with van der Waals surface area (Å²) >= 11 is 0. The lowest BCUT2D eigenvalue weighted by molar-refractivity contribution is -0.169. The summed E-state index contributed by atoms with van der Waals surface area (Å²) in [6.07, 6.45) is -1.04. The molecule has 0 spiro atoms. The Labute approximate surface area is 110 Å². The van der Waals surface area contributed by atoms with Crippen LogP contribution in [-0.2, 0) is 19.1 Å². The molecule has 0 unspecified atom stereocenters. The fraction of sp³-hybridized carbons (Fsp3) is 0.857. The lowest BCUT2D eigenvalue weighted by Crippen LogP contribution is -2.36. The van der Waals surface area contributed by atoms with E-state index in [1.54, 1.807) is 13.8 Å². The lowest BCUT2D eigenvalue weighted by atomic mass is 9.76. The van der Waals surface area contributed by atoms with E-state index in [1.807, 2.05) is 27.7 Å². The maximum Gasteiger partial charge on any atom is 0.218 e. The van der Waals surface area contributed by atoms with Gasteiger partial charge in [0, 0.05) is 18.6 Å². The van der Waals surface area contributed by atoms with Crippen LogP contribution in [0.2, 0.25) is 0 Å². The molecule has 0 aromatic rings. The molecular formula is C14H26O4. The molecule has 0 aromatic carbocycles. The van der Waals surface area contributed by atoms with Gasteiger partial charge in [-0.25, -0.2) is 0 Å². The Morgan fingerprint density at radius 3 is 1.83 bits per heavy atom. The van der Waals surface area contributed by atoms with Crippen molar-refractivity contribution in [2.24, 2.45) is 11.3 Å². The molecule has 0 aliphatic carbocycles. The third kappa shape index (κ3) is 4.86. The summed E-state index contributed by atoms with van der Waals surface area (Å²) in [5.41, 5.74) is -0.501. The third-order valence-electron chi connectivity index (χ3n) is 3.40. The van der Waals surface area contributed by atoms with Crippen molar-refractivity contribution in [1.29, 1.82) is 0 Å². The Kier molecular flexibility index (Phi) is 7.33. The number of carbonyl (C=O) groups is 2. The van der Waals surface area contributed by atoms with Gasteiger partial charge in [-0.15, -0.1) is 0 Å². The van der Waals surface area contributed by atoms with Gasteiger partial charge in [-0.2, -0.15) is 0 Å². The minimum Gasteiger partial charge on any atom is -0.346 e. The van der Waals surface area contributed by atoms with E-state index in [2.05, 4.69) is 0 Å². The Morgan fingerprint density at radius 2 is 1.50 bits per heavy atom. The second kappa shape index (κ2) is 7.64. The molecule has 0 radical (unpaired) electrons. The van der Waals surface area contributed by atoms with Crippen molar-refractivity contribution >= 4 is 11.6 Å².